The van der Waals surface area contributed by atoms with E-state index in [0.29, 0.717) is 67.4 Å². The number of hydrogen-bond donors (Lipinski definition) is 4. The Balaban J connectivity index is 0.000000200. The lowest BCUT2D eigenvalue weighted by molar-refractivity contribution is -0.130. The maximum absolute atomic E-state index is 13.9. The quantitative estimate of drug-likeness (QED) is 0.0724. The molecule has 2 atom stereocenters. The number of carbonyl (C=O) groups excluding carboxylic acids is 1. The largest absolute Gasteiger partial charge is 0.393 e. The summed E-state index contributed by atoms with van der Waals surface area (Å²) < 4.78 is 119. The molecule has 1 amide bonds. The lowest BCUT2D eigenvalue weighted by Crippen LogP contribution is -2.38. The number of hydrogen-bond acceptors (Lipinski definition) is 8. The Morgan fingerprint density at radius 1 is 0.716 bits per heavy atom. The number of nitrogens with zero attached hydrogens (tertiary/aromatic N) is 4. The first-order valence-electron chi connectivity index (χ1n) is 20.5. The van der Waals surface area contributed by atoms with Crippen molar-refractivity contribution in [2.75, 3.05) is 13.1 Å². The summed E-state index contributed by atoms with van der Waals surface area (Å²) in [4.78, 5) is 24.8. The molecule has 8 rings (SSSR count). The zero-order chi connectivity index (χ0) is 48.5. The van der Waals surface area contributed by atoms with E-state index < -0.39 is 72.4 Å². The number of carbonyl (C=O) groups is 1. The molecule has 1 saturated carbocycles. The summed E-state index contributed by atoms with van der Waals surface area (Å²) in [7, 11) is -8.60. The average molecular weight is 1050 g/mol. The van der Waals surface area contributed by atoms with Crippen LogP contribution in [0.4, 0.5) is 17.6 Å². The first-order valence-corrected chi connectivity index (χ1v) is 24.9. The third-order valence-corrected chi connectivity index (χ3v) is 15.0. The van der Waals surface area contributed by atoms with Crippen molar-refractivity contribution in [1.82, 2.24) is 29.1 Å². The van der Waals surface area contributed by atoms with Crippen molar-refractivity contribution in [3.63, 3.8) is 0 Å². The number of aliphatic hydroxyl groups is 1. The minimum atomic E-state index is -4.67. The molecule has 67 heavy (non-hydrogen) atoms. The van der Waals surface area contributed by atoms with Crippen molar-refractivity contribution in [3.8, 4) is 0 Å². The highest BCUT2D eigenvalue weighted by Crippen LogP contribution is 2.40. The van der Waals surface area contributed by atoms with Crippen LogP contribution < -0.4 is 4.72 Å². The minimum absolute atomic E-state index is 0.0934. The summed E-state index contributed by atoms with van der Waals surface area (Å²) in [6.07, 6.45) is 3.91. The van der Waals surface area contributed by atoms with Crippen LogP contribution in [-0.2, 0) is 24.9 Å². The molecule has 13 nitrogen and oxygen atoms in total. The number of imidazole rings is 2. The lowest BCUT2D eigenvalue weighted by Gasteiger charge is -2.34. The van der Waals surface area contributed by atoms with Crippen LogP contribution in [0, 0.1) is 23.3 Å². The third kappa shape index (κ3) is 11.5. The highest BCUT2D eigenvalue weighted by Gasteiger charge is 2.34. The number of sulfonamides is 1. The number of nitrogens with one attached hydrogen (secondary N) is 2. The van der Waals surface area contributed by atoms with Crippen molar-refractivity contribution in [3.05, 3.63) is 162 Å². The van der Waals surface area contributed by atoms with E-state index in [1.165, 1.54) is 78.4 Å². The number of amides is 1. The number of H-pyrrole nitrogens is 1. The Morgan fingerprint density at radius 2 is 1.18 bits per heavy atom. The number of benzene rings is 4. The zero-order valence-corrected chi connectivity index (χ0v) is 39.6. The maximum Gasteiger partial charge on any atom is 0.311 e. The molecule has 4 aromatic carbocycles. The second-order valence-corrected chi connectivity index (χ2v) is 20.7. The van der Waals surface area contributed by atoms with E-state index >= 15 is 0 Å². The number of rotatable bonds is 11. The fourth-order valence-corrected chi connectivity index (χ4v) is 10.9. The Morgan fingerprint density at radius 3 is 1.58 bits per heavy atom. The van der Waals surface area contributed by atoms with Crippen molar-refractivity contribution in [1.29, 1.82) is 0 Å². The van der Waals surface area contributed by atoms with Gasteiger partial charge in [-0.25, -0.2) is 40.7 Å². The number of likely N-dealkylation sites (tertiary alicyclic amines) is 1. The maximum atomic E-state index is 13.9. The fraction of sp³-hybridized carbons (Fsp3) is 0.295. The fourth-order valence-electron chi connectivity index (χ4n) is 8.29. The molecule has 0 radical (unpaired) electrons. The summed E-state index contributed by atoms with van der Waals surface area (Å²) in [5.41, 5.74) is 1.91. The lowest BCUT2D eigenvalue weighted by atomic mass is 9.89. The molecule has 2 fully saturated rings. The van der Waals surface area contributed by atoms with Gasteiger partial charge in [-0.1, -0.05) is 70.7 Å². The molecule has 1 aliphatic heterocycles. The molecule has 23 heteroatoms. The predicted octanol–water partition coefficient (Wildman–Crippen LogP) is 9.44. The van der Waals surface area contributed by atoms with Gasteiger partial charge in [-0.15, -0.1) is 0 Å². The Bertz CT molecular complexity index is 2940. The molecular weight excluding hydrogens is 1010 g/mol. The molecule has 2 aromatic heterocycles. The molecule has 6 aromatic rings. The number of aromatic nitrogens is 4. The third-order valence-electron chi connectivity index (χ3n) is 11.6. The van der Waals surface area contributed by atoms with Gasteiger partial charge >= 0.3 is 10.1 Å². The summed E-state index contributed by atoms with van der Waals surface area (Å²) in [6, 6.07) is 15.4. The van der Waals surface area contributed by atoms with Gasteiger partial charge in [-0.3, -0.25) is 9.35 Å². The predicted molar refractivity (Wildman–Crippen MR) is 243 cm³/mol. The van der Waals surface area contributed by atoms with Crippen molar-refractivity contribution in [2.45, 2.75) is 79.1 Å². The van der Waals surface area contributed by atoms with Gasteiger partial charge < -0.3 is 19.6 Å². The van der Waals surface area contributed by atoms with Gasteiger partial charge in [-0.05, 0) is 103 Å². The highest BCUT2D eigenvalue weighted by molar-refractivity contribution is 7.89. The number of aromatic amines is 1. The van der Waals surface area contributed by atoms with Gasteiger partial charge in [0.1, 0.15) is 34.9 Å². The molecule has 3 heterocycles. The van der Waals surface area contributed by atoms with Crippen LogP contribution in [-0.4, -0.2) is 82.1 Å². The Hall–Kier alpha value is -4.57. The van der Waals surface area contributed by atoms with Gasteiger partial charge in [0.2, 0.25) is 5.91 Å². The molecule has 356 valence electrons. The van der Waals surface area contributed by atoms with Gasteiger partial charge in [0.05, 0.1) is 50.4 Å². The van der Waals surface area contributed by atoms with Gasteiger partial charge in [-0.2, -0.15) is 8.42 Å². The molecule has 0 spiro atoms. The smallest absolute Gasteiger partial charge is 0.311 e. The average Bonchev–Trinajstić information content (AvgIpc) is 4.04. The summed E-state index contributed by atoms with van der Waals surface area (Å²) >= 11 is 24.0. The highest BCUT2D eigenvalue weighted by atomic mass is 35.5. The first-order chi connectivity index (χ1) is 31.6. The second-order valence-electron chi connectivity index (χ2n) is 16.0. The van der Waals surface area contributed by atoms with Crippen molar-refractivity contribution < 1.29 is 48.9 Å². The topological polar surface area (TPSA) is 188 Å². The van der Waals surface area contributed by atoms with Crippen LogP contribution in [0.25, 0.3) is 0 Å². The van der Waals surface area contributed by atoms with E-state index in [1.54, 1.807) is 4.90 Å². The SMILES string of the molecule is CC(=O)N1CCC(n2c(S(=O)(=O)O)cnc2C(c2ccc(F)c(Cl)c2)c2ccc(F)c(Cl)c2)CC1.O=S(=O)(NC1CCC(O)C1)c1cnc(C(c2ccc(F)c(Cl)c2)c2ccc(F)c(Cl)c2)[nH]1. The van der Waals surface area contributed by atoms with Gasteiger partial charge in [0, 0.05) is 32.1 Å². The van der Waals surface area contributed by atoms with Crippen LogP contribution in [0.15, 0.2) is 95.2 Å². The molecule has 2 unspecified atom stereocenters. The minimum Gasteiger partial charge on any atom is -0.393 e. The zero-order valence-electron chi connectivity index (χ0n) is 35.0. The van der Waals surface area contributed by atoms with Crippen LogP contribution in [0.1, 0.15) is 90.8 Å². The summed E-state index contributed by atoms with van der Waals surface area (Å²) in [6.45, 7) is 2.23. The van der Waals surface area contributed by atoms with Crippen molar-refractivity contribution >= 4 is 72.5 Å². The molecule has 1 saturated heterocycles. The Labute approximate surface area is 402 Å². The van der Waals surface area contributed by atoms with Crippen LogP contribution in [0.3, 0.4) is 0 Å². The van der Waals surface area contributed by atoms with E-state index in [-0.39, 0.29) is 48.7 Å². The van der Waals surface area contributed by atoms with E-state index in [2.05, 4.69) is 19.7 Å². The summed E-state index contributed by atoms with van der Waals surface area (Å²) in [5.74, 6) is -3.73. The molecule has 2 aliphatic rings. The Kier molecular flexibility index (Phi) is 15.4. The molecule has 0 bridgehead atoms. The van der Waals surface area contributed by atoms with E-state index in [0.717, 1.165) is 18.3 Å². The normalized spacial score (nSPS) is 17.0. The van der Waals surface area contributed by atoms with Gasteiger partial charge in [0.25, 0.3) is 10.0 Å². The monoisotopic (exact) mass is 1040 g/mol. The molecule has 4 N–H and O–H groups in total. The first kappa shape index (κ1) is 50.3. The standard InChI is InChI=1S/C23H21Cl2F2N3O4S.C21H19Cl2F2N3O3S/c1-13(31)29-8-6-16(7-9-29)30-21(35(32,33)34)12-28-23(30)22(14-2-4-19(26)17(24)10-14)15-3-5-20(27)18(25)11-15;22-15-7-11(1-5-17(15)24)20(12-2-6-18(25)16(23)8-12)21-26-10-19(27-21)32(30,31)28-13-3-4-14(29)9-13/h2-5,10-12,16,22H,6-9H2,1H3,(H,32,33,34);1-2,5-8,10,13-14,20,28-29H,3-4,9H2,(H,26,27). The molecule has 1 aliphatic carbocycles. The van der Waals surface area contributed by atoms with Crippen molar-refractivity contribution in [2.24, 2.45) is 0 Å². The number of halogens is 8. The van der Waals surface area contributed by atoms with E-state index in [1.807, 2.05) is 0 Å². The summed E-state index contributed by atoms with van der Waals surface area (Å²) in [5, 5.41) is 8.49. The van der Waals surface area contributed by atoms with Crippen LogP contribution >= 0.6 is 46.4 Å². The van der Waals surface area contributed by atoms with Crippen LogP contribution in [0.5, 0.6) is 0 Å². The number of aliphatic hydroxyl groups excluding tert-OH is 1. The van der Waals surface area contributed by atoms with Crippen LogP contribution in [0.2, 0.25) is 20.1 Å². The van der Waals surface area contributed by atoms with Gasteiger partial charge in [0.15, 0.2) is 10.1 Å². The number of piperidine rings is 1. The van der Waals surface area contributed by atoms with E-state index in [4.69, 9.17) is 46.4 Å². The molecular formula is C44H40Cl4F4N6O7S2. The second kappa shape index (κ2) is 20.6. The van der Waals surface area contributed by atoms with E-state index in [9.17, 15) is 48.9 Å².